The Balaban J connectivity index is 1.25. The number of rotatable bonds is 3. The fourth-order valence-corrected chi connectivity index (χ4v) is 7.17. The van der Waals surface area contributed by atoms with Crippen LogP contribution in [-0.4, -0.2) is 24.5 Å². The highest BCUT2D eigenvalue weighted by atomic mass is 15.0. The van der Waals surface area contributed by atoms with Crippen molar-refractivity contribution in [2.24, 2.45) is 0 Å². The van der Waals surface area contributed by atoms with Crippen molar-refractivity contribution in [2.75, 3.05) is 0 Å². The minimum absolute atomic E-state index is 0.698. The Bertz CT molecular complexity index is 2850. The number of para-hydroxylation sites is 2. The van der Waals surface area contributed by atoms with Gasteiger partial charge in [0, 0.05) is 56.1 Å². The molecule has 47 heavy (non-hydrogen) atoms. The standard InChI is InChI=1S/C42H25N5/c1-2-11-26(12-3-1)39-32-18-6-8-19-36(32)45-42(46-39)27-13-10-14-28(23-27)47-37-20-9-7-16-30(37)34-24-33-29-15-4-5-17-31(29)40-41(44-22-21-43-40)35(33)25-38(34)47/h1-25H. The molecule has 0 spiro atoms. The van der Waals surface area contributed by atoms with Crippen molar-refractivity contribution >= 4 is 65.3 Å². The third-order valence-electron chi connectivity index (χ3n) is 9.25. The molecule has 218 valence electrons. The first-order valence-electron chi connectivity index (χ1n) is 15.7. The number of fused-ring (bicyclic) bond motifs is 10. The predicted octanol–water partition coefficient (Wildman–Crippen LogP) is 10.3. The molecule has 7 aromatic carbocycles. The van der Waals surface area contributed by atoms with E-state index in [1.807, 2.05) is 18.2 Å². The van der Waals surface area contributed by atoms with E-state index in [1.165, 1.54) is 21.5 Å². The van der Waals surface area contributed by atoms with Crippen molar-refractivity contribution in [3.63, 3.8) is 0 Å². The molecule has 0 aliphatic heterocycles. The first kappa shape index (κ1) is 25.8. The monoisotopic (exact) mass is 599 g/mol. The van der Waals surface area contributed by atoms with Gasteiger partial charge in [-0.2, -0.15) is 0 Å². The molecule has 0 N–H and O–H groups in total. The third kappa shape index (κ3) is 3.90. The summed E-state index contributed by atoms with van der Waals surface area (Å²) in [6.45, 7) is 0. The minimum Gasteiger partial charge on any atom is -0.309 e. The van der Waals surface area contributed by atoms with Gasteiger partial charge in [-0.15, -0.1) is 0 Å². The van der Waals surface area contributed by atoms with Gasteiger partial charge in [-0.1, -0.05) is 103 Å². The van der Waals surface area contributed by atoms with Crippen LogP contribution in [0.3, 0.4) is 0 Å². The Morgan fingerprint density at radius 3 is 1.94 bits per heavy atom. The SMILES string of the molecule is c1ccc(-c2nc(-c3cccc(-n4c5ccccc5c5cc6c7ccccc7c7nccnc7c6cc54)c3)nc3ccccc23)cc1. The zero-order valence-corrected chi connectivity index (χ0v) is 25.2. The zero-order valence-electron chi connectivity index (χ0n) is 25.2. The molecule has 0 aliphatic rings. The van der Waals surface area contributed by atoms with Crippen molar-refractivity contribution in [1.29, 1.82) is 0 Å². The van der Waals surface area contributed by atoms with Crippen molar-refractivity contribution in [2.45, 2.75) is 0 Å². The topological polar surface area (TPSA) is 56.5 Å². The van der Waals surface area contributed by atoms with Crippen molar-refractivity contribution < 1.29 is 0 Å². The molecule has 0 fully saturated rings. The molecule has 0 saturated carbocycles. The molecular weight excluding hydrogens is 574 g/mol. The Morgan fingerprint density at radius 2 is 1.09 bits per heavy atom. The Hall–Kier alpha value is -6.46. The summed E-state index contributed by atoms with van der Waals surface area (Å²) in [6.07, 6.45) is 3.56. The van der Waals surface area contributed by atoms with E-state index in [4.69, 9.17) is 19.9 Å². The summed E-state index contributed by atoms with van der Waals surface area (Å²) in [5.41, 5.74) is 9.00. The molecule has 10 aromatic rings. The van der Waals surface area contributed by atoms with Crippen LogP contribution < -0.4 is 0 Å². The first-order chi connectivity index (χ1) is 23.3. The maximum Gasteiger partial charge on any atom is 0.160 e. The van der Waals surface area contributed by atoms with E-state index >= 15 is 0 Å². The summed E-state index contributed by atoms with van der Waals surface area (Å²) in [4.78, 5) is 19.8. The van der Waals surface area contributed by atoms with E-state index in [-0.39, 0.29) is 0 Å². The Morgan fingerprint density at radius 1 is 0.404 bits per heavy atom. The third-order valence-corrected chi connectivity index (χ3v) is 9.25. The van der Waals surface area contributed by atoms with Gasteiger partial charge in [-0.25, -0.2) is 9.97 Å². The average Bonchev–Trinajstić information content (AvgIpc) is 3.47. The quantitative estimate of drug-likeness (QED) is 0.190. The number of aromatic nitrogens is 5. The molecule has 0 amide bonds. The van der Waals surface area contributed by atoms with Gasteiger partial charge in [0.05, 0.1) is 33.3 Å². The number of nitrogens with zero attached hydrogens (tertiary/aromatic N) is 5. The molecule has 0 radical (unpaired) electrons. The summed E-state index contributed by atoms with van der Waals surface area (Å²) in [5, 5.41) is 7.99. The van der Waals surface area contributed by atoms with Gasteiger partial charge in [-0.05, 0) is 47.2 Å². The second kappa shape index (κ2) is 10.0. The maximum absolute atomic E-state index is 5.16. The van der Waals surface area contributed by atoms with Gasteiger partial charge < -0.3 is 4.57 Å². The molecule has 0 aliphatic carbocycles. The number of hydrogen-bond acceptors (Lipinski definition) is 4. The molecule has 0 bridgehead atoms. The molecular formula is C42H25N5. The molecule has 3 heterocycles. The van der Waals surface area contributed by atoms with E-state index in [0.717, 1.165) is 66.3 Å². The van der Waals surface area contributed by atoms with Crippen LogP contribution in [0.15, 0.2) is 152 Å². The zero-order chi connectivity index (χ0) is 30.9. The second-order valence-corrected chi connectivity index (χ2v) is 11.9. The largest absolute Gasteiger partial charge is 0.309 e. The lowest BCUT2D eigenvalue weighted by atomic mass is 9.97. The molecule has 5 nitrogen and oxygen atoms in total. The number of hydrogen-bond donors (Lipinski definition) is 0. The van der Waals surface area contributed by atoms with Crippen LogP contribution in [0, 0.1) is 0 Å². The predicted molar refractivity (Wildman–Crippen MR) is 193 cm³/mol. The van der Waals surface area contributed by atoms with Crippen LogP contribution in [0.1, 0.15) is 0 Å². The lowest BCUT2D eigenvalue weighted by molar-refractivity contribution is 1.17. The summed E-state index contributed by atoms with van der Waals surface area (Å²) in [5.74, 6) is 0.698. The highest BCUT2D eigenvalue weighted by Gasteiger charge is 2.18. The number of benzene rings is 7. The van der Waals surface area contributed by atoms with E-state index in [1.54, 1.807) is 12.4 Å². The van der Waals surface area contributed by atoms with Gasteiger partial charge >= 0.3 is 0 Å². The smallest absolute Gasteiger partial charge is 0.160 e. The van der Waals surface area contributed by atoms with Gasteiger partial charge in [0.25, 0.3) is 0 Å². The molecule has 5 heteroatoms. The lowest BCUT2D eigenvalue weighted by Crippen LogP contribution is -1.98. The van der Waals surface area contributed by atoms with Gasteiger partial charge in [0.2, 0.25) is 0 Å². The minimum atomic E-state index is 0.698. The summed E-state index contributed by atoms with van der Waals surface area (Å²) < 4.78 is 2.35. The summed E-state index contributed by atoms with van der Waals surface area (Å²) in [6, 6.07) is 48.9. The summed E-state index contributed by atoms with van der Waals surface area (Å²) >= 11 is 0. The normalized spacial score (nSPS) is 11.8. The van der Waals surface area contributed by atoms with Gasteiger partial charge in [0.15, 0.2) is 5.82 Å². The van der Waals surface area contributed by atoms with E-state index in [2.05, 4.69) is 126 Å². The van der Waals surface area contributed by atoms with Crippen LogP contribution >= 0.6 is 0 Å². The highest BCUT2D eigenvalue weighted by Crippen LogP contribution is 2.40. The van der Waals surface area contributed by atoms with Gasteiger partial charge in [-0.3, -0.25) is 9.97 Å². The van der Waals surface area contributed by atoms with Crippen molar-refractivity contribution in [3.8, 4) is 28.3 Å². The van der Waals surface area contributed by atoms with Crippen molar-refractivity contribution in [3.05, 3.63) is 152 Å². The molecule has 0 atom stereocenters. The van der Waals surface area contributed by atoms with E-state index in [0.29, 0.717) is 5.82 Å². The second-order valence-electron chi connectivity index (χ2n) is 11.9. The molecule has 0 saturated heterocycles. The fraction of sp³-hybridized carbons (Fsp3) is 0. The Kier molecular flexibility index (Phi) is 5.51. The maximum atomic E-state index is 5.16. The molecule has 10 rings (SSSR count). The highest BCUT2D eigenvalue weighted by molar-refractivity contribution is 6.27. The van der Waals surface area contributed by atoms with Crippen LogP contribution in [-0.2, 0) is 0 Å². The Labute approximate surface area is 269 Å². The van der Waals surface area contributed by atoms with Crippen LogP contribution in [0.25, 0.3) is 93.6 Å². The summed E-state index contributed by atoms with van der Waals surface area (Å²) in [7, 11) is 0. The molecule has 3 aromatic heterocycles. The van der Waals surface area contributed by atoms with Crippen molar-refractivity contribution in [1.82, 2.24) is 24.5 Å². The fourth-order valence-electron chi connectivity index (χ4n) is 7.17. The van der Waals surface area contributed by atoms with Crippen LogP contribution in [0.4, 0.5) is 0 Å². The lowest BCUT2D eigenvalue weighted by Gasteiger charge is -2.13. The van der Waals surface area contributed by atoms with E-state index in [9.17, 15) is 0 Å². The van der Waals surface area contributed by atoms with Crippen LogP contribution in [0.5, 0.6) is 0 Å². The first-order valence-corrected chi connectivity index (χ1v) is 15.7. The molecule has 0 unspecified atom stereocenters. The van der Waals surface area contributed by atoms with E-state index < -0.39 is 0 Å². The van der Waals surface area contributed by atoms with Gasteiger partial charge in [0.1, 0.15) is 0 Å². The average molecular weight is 600 g/mol. The van der Waals surface area contributed by atoms with Crippen LogP contribution in [0.2, 0.25) is 0 Å².